The van der Waals surface area contributed by atoms with Crippen LogP contribution in [-0.2, 0) is 19.9 Å². The number of rotatable bonds is 3. The summed E-state index contributed by atoms with van der Waals surface area (Å²) in [6.45, 7) is 0. The number of hydrogen-bond acceptors (Lipinski definition) is 6. The Bertz CT molecular complexity index is 971. The van der Waals surface area contributed by atoms with Gasteiger partial charge in [-0.05, 0) is 37.0 Å². The number of aryl methyl sites for hydroxylation is 2. The zero-order valence-electron chi connectivity index (χ0n) is 13.6. The number of carbonyl (C=O) groups is 1. The van der Waals surface area contributed by atoms with Crippen LogP contribution < -0.4 is 10.9 Å². The number of furan rings is 1. The summed E-state index contributed by atoms with van der Waals surface area (Å²) in [7, 11) is 1.64. The minimum absolute atomic E-state index is 0.0716. The smallest absolute Gasteiger partial charge is 0.273 e. The van der Waals surface area contributed by atoms with E-state index in [1.165, 1.54) is 10.9 Å². The molecule has 0 spiro atoms. The third kappa shape index (κ3) is 2.98. The summed E-state index contributed by atoms with van der Waals surface area (Å²) < 4.78 is 11.7. The standard InChI is InChI=1S/C17H16N4O4/c1-21-16(22)8-10-7-11(4-5-12(10)19-21)18-17(23)13-9-15(25-20-13)14-3-2-6-24-14/h2-3,6,8-9,11H,4-5,7H2,1H3,(H,18,23). The highest BCUT2D eigenvalue weighted by atomic mass is 16.5. The van der Waals surface area contributed by atoms with E-state index in [1.54, 1.807) is 31.3 Å². The highest BCUT2D eigenvalue weighted by Crippen LogP contribution is 2.21. The molecular weight excluding hydrogens is 324 g/mol. The summed E-state index contributed by atoms with van der Waals surface area (Å²) in [5, 5.41) is 11.0. The van der Waals surface area contributed by atoms with Crippen LogP contribution in [0.2, 0.25) is 0 Å². The first-order valence-corrected chi connectivity index (χ1v) is 7.98. The summed E-state index contributed by atoms with van der Waals surface area (Å²) in [4.78, 5) is 24.1. The number of hydrogen-bond donors (Lipinski definition) is 1. The third-order valence-electron chi connectivity index (χ3n) is 4.30. The van der Waals surface area contributed by atoms with Gasteiger partial charge < -0.3 is 14.3 Å². The molecule has 1 aliphatic carbocycles. The Balaban J connectivity index is 1.46. The maximum absolute atomic E-state index is 12.4. The van der Waals surface area contributed by atoms with Crippen molar-refractivity contribution in [3.05, 3.63) is 57.8 Å². The average molecular weight is 340 g/mol. The summed E-state index contributed by atoms with van der Waals surface area (Å²) >= 11 is 0. The van der Waals surface area contributed by atoms with Crippen molar-refractivity contribution < 1.29 is 13.7 Å². The topological polar surface area (TPSA) is 103 Å². The van der Waals surface area contributed by atoms with Gasteiger partial charge in [-0.3, -0.25) is 9.59 Å². The second kappa shape index (κ2) is 6.04. The molecule has 1 amide bonds. The van der Waals surface area contributed by atoms with E-state index in [0.717, 1.165) is 17.7 Å². The predicted octanol–water partition coefficient (Wildman–Crippen LogP) is 1.32. The van der Waals surface area contributed by atoms with E-state index in [4.69, 9.17) is 8.94 Å². The molecule has 0 saturated heterocycles. The molecule has 3 aromatic heterocycles. The fraction of sp³-hybridized carbons (Fsp3) is 0.294. The van der Waals surface area contributed by atoms with Gasteiger partial charge in [0.05, 0.1) is 12.0 Å². The van der Waals surface area contributed by atoms with E-state index in [1.807, 2.05) is 0 Å². The first-order valence-electron chi connectivity index (χ1n) is 7.98. The lowest BCUT2D eigenvalue weighted by Crippen LogP contribution is -2.40. The number of amides is 1. The molecule has 0 aliphatic heterocycles. The van der Waals surface area contributed by atoms with Crippen molar-refractivity contribution in [3.8, 4) is 11.5 Å². The summed E-state index contributed by atoms with van der Waals surface area (Å²) in [6.07, 6.45) is 3.57. The molecule has 1 atom stereocenters. The Kier molecular flexibility index (Phi) is 3.72. The number of carbonyl (C=O) groups excluding carboxylic acids is 1. The Hall–Kier alpha value is -3.16. The second-order valence-electron chi connectivity index (χ2n) is 6.05. The van der Waals surface area contributed by atoms with Crippen molar-refractivity contribution in [1.82, 2.24) is 20.3 Å². The molecule has 8 heteroatoms. The van der Waals surface area contributed by atoms with Crippen molar-refractivity contribution in [3.63, 3.8) is 0 Å². The highest BCUT2D eigenvalue weighted by Gasteiger charge is 2.24. The molecule has 3 heterocycles. The molecule has 1 N–H and O–H groups in total. The summed E-state index contributed by atoms with van der Waals surface area (Å²) in [5.74, 6) is 0.601. The van der Waals surface area contributed by atoms with Crippen molar-refractivity contribution in [2.24, 2.45) is 7.05 Å². The van der Waals surface area contributed by atoms with Crippen molar-refractivity contribution in [1.29, 1.82) is 0 Å². The van der Waals surface area contributed by atoms with Gasteiger partial charge in [-0.25, -0.2) is 4.68 Å². The van der Waals surface area contributed by atoms with Crippen LogP contribution in [0.15, 0.2) is 44.3 Å². The van der Waals surface area contributed by atoms with Gasteiger partial charge >= 0.3 is 0 Å². The molecular formula is C17H16N4O4. The van der Waals surface area contributed by atoms with Gasteiger partial charge in [-0.2, -0.15) is 5.10 Å². The fourth-order valence-electron chi connectivity index (χ4n) is 2.99. The van der Waals surface area contributed by atoms with E-state index >= 15 is 0 Å². The van der Waals surface area contributed by atoms with E-state index in [-0.39, 0.29) is 23.2 Å². The molecule has 25 heavy (non-hydrogen) atoms. The van der Waals surface area contributed by atoms with E-state index < -0.39 is 0 Å². The maximum atomic E-state index is 12.4. The van der Waals surface area contributed by atoms with Gasteiger partial charge in [0, 0.05) is 25.2 Å². The van der Waals surface area contributed by atoms with Gasteiger partial charge in [0.1, 0.15) is 0 Å². The Morgan fingerprint density at radius 3 is 3.04 bits per heavy atom. The van der Waals surface area contributed by atoms with Crippen molar-refractivity contribution in [2.75, 3.05) is 0 Å². The number of nitrogens with one attached hydrogen (secondary N) is 1. The van der Waals surface area contributed by atoms with E-state index in [2.05, 4.69) is 15.6 Å². The number of fused-ring (bicyclic) bond motifs is 1. The zero-order valence-corrected chi connectivity index (χ0v) is 13.6. The number of nitrogens with zero attached hydrogens (tertiary/aromatic N) is 3. The molecule has 0 bridgehead atoms. The van der Waals surface area contributed by atoms with Gasteiger partial charge in [0.25, 0.3) is 11.5 Å². The molecule has 0 radical (unpaired) electrons. The molecule has 4 rings (SSSR count). The lowest BCUT2D eigenvalue weighted by Gasteiger charge is -2.24. The Labute approximate surface area is 142 Å². The average Bonchev–Trinajstić information content (AvgIpc) is 3.27. The van der Waals surface area contributed by atoms with Gasteiger partial charge in [0.15, 0.2) is 11.5 Å². The van der Waals surface area contributed by atoms with Crippen LogP contribution in [0.5, 0.6) is 0 Å². The fourth-order valence-corrected chi connectivity index (χ4v) is 2.99. The van der Waals surface area contributed by atoms with Crippen LogP contribution in [0.3, 0.4) is 0 Å². The molecule has 128 valence electrons. The first kappa shape index (κ1) is 15.4. The SMILES string of the molecule is Cn1nc2c(cc1=O)CC(NC(=O)c1cc(-c3ccco3)on1)CC2. The molecule has 8 nitrogen and oxygen atoms in total. The first-order chi connectivity index (χ1) is 12.1. The van der Waals surface area contributed by atoms with Crippen LogP contribution in [0, 0.1) is 0 Å². The molecule has 1 unspecified atom stereocenters. The van der Waals surface area contributed by atoms with Crippen LogP contribution in [0.25, 0.3) is 11.5 Å². The minimum atomic E-state index is -0.313. The highest BCUT2D eigenvalue weighted by molar-refractivity contribution is 5.93. The molecule has 0 fully saturated rings. The van der Waals surface area contributed by atoms with Crippen LogP contribution in [0.1, 0.15) is 28.2 Å². The number of aromatic nitrogens is 3. The minimum Gasteiger partial charge on any atom is -0.461 e. The maximum Gasteiger partial charge on any atom is 0.273 e. The van der Waals surface area contributed by atoms with Crippen molar-refractivity contribution in [2.45, 2.75) is 25.3 Å². The zero-order chi connectivity index (χ0) is 17.4. The van der Waals surface area contributed by atoms with Gasteiger partial charge in [-0.1, -0.05) is 5.16 Å². The van der Waals surface area contributed by atoms with E-state index in [9.17, 15) is 9.59 Å². The normalized spacial score (nSPS) is 16.4. The largest absolute Gasteiger partial charge is 0.461 e. The van der Waals surface area contributed by atoms with Gasteiger partial charge in [0.2, 0.25) is 5.76 Å². The van der Waals surface area contributed by atoms with E-state index in [0.29, 0.717) is 24.4 Å². The molecule has 1 aliphatic rings. The molecule has 3 aromatic rings. The third-order valence-corrected chi connectivity index (χ3v) is 4.30. The lowest BCUT2D eigenvalue weighted by molar-refractivity contribution is 0.0924. The predicted molar refractivity (Wildman–Crippen MR) is 87.0 cm³/mol. The monoisotopic (exact) mass is 340 g/mol. The molecule has 0 saturated carbocycles. The van der Waals surface area contributed by atoms with Gasteiger partial charge in [-0.15, -0.1) is 0 Å². The quantitative estimate of drug-likeness (QED) is 0.771. The summed E-state index contributed by atoms with van der Waals surface area (Å²) in [5.41, 5.74) is 1.84. The Morgan fingerprint density at radius 1 is 1.36 bits per heavy atom. The van der Waals surface area contributed by atoms with Crippen LogP contribution in [0.4, 0.5) is 0 Å². The van der Waals surface area contributed by atoms with Crippen LogP contribution in [-0.4, -0.2) is 26.9 Å². The van der Waals surface area contributed by atoms with Crippen molar-refractivity contribution >= 4 is 5.91 Å². The summed E-state index contributed by atoms with van der Waals surface area (Å²) in [6, 6.07) is 6.52. The second-order valence-corrected chi connectivity index (χ2v) is 6.05. The lowest BCUT2D eigenvalue weighted by atomic mass is 9.92. The Morgan fingerprint density at radius 2 is 2.24 bits per heavy atom. The van der Waals surface area contributed by atoms with Crippen LogP contribution >= 0.6 is 0 Å². The molecule has 0 aromatic carbocycles.